The highest BCUT2D eigenvalue weighted by Crippen LogP contribution is 2.27. The predicted molar refractivity (Wildman–Crippen MR) is 77.4 cm³/mol. The molecule has 1 aliphatic rings. The SMILES string of the molecule is Cn1cc(C(CN)N2CCOc3ccccc3C2)cn1. The predicted octanol–water partition coefficient (Wildman–Crippen LogP) is 1.31. The summed E-state index contributed by atoms with van der Waals surface area (Å²) in [4.78, 5) is 2.36. The number of para-hydroxylation sites is 1. The van der Waals surface area contributed by atoms with Crippen LogP contribution in [0.25, 0.3) is 0 Å². The first-order chi connectivity index (χ1) is 9.78. The van der Waals surface area contributed by atoms with Gasteiger partial charge in [0.15, 0.2) is 0 Å². The molecule has 5 nitrogen and oxygen atoms in total. The molecule has 106 valence electrons. The third kappa shape index (κ3) is 2.55. The van der Waals surface area contributed by atoms with Gasteiger partial charge in [-0.1, -0.05) is 18.2 Å². The van der Waals surface area contributed by atoms with Gasteiger partial charge in [-0.3, -0.25) is 9.58 Å². The van der Waals surface area contributed by atoms with Gasteiger partial charge in [-0.25, -0.2) is 0 Å². The molecule has 1 unspecified atom stereocenters. The number of ether oxygens (including phenoxy) is 1. The highest BCUT2D eigenvalue weighted by atomic mass is 16.5. The van der Waals surface area contributed by atoms with Gasteiger partial charge in [-0.05, 0) is 6.07 Å². The third-order valence-corrected chi connectivity index (χ3v) is 3.76. The highest BCUT2D eigenvalue weighted by Gasteiger charge is 2.23. The fourth-order valence-electron chi connectivity index (χ4n) is 2.72. The molecule has 0 saturated heterocycles. The van der Waals surface area contributed by atoms with Crippen LogP contribution < -0.4 is 10.5 Å². The zero-order valence-corrected chi connectivity index (χ0v) is 11.7. The van der Waals surface area contributed by atoms with Crippen LogP contribution in [0.1, 0.15) is 17.2 Å². The second-order valence-electron chi connectivity index (χ2n) is 5.13. The summed E-state index contributed by atoms with van der Waals surface area (Å²) in [5, 5.41) is 4.25. The Bertz CT molecular complexity index is 581. The van der Waals surface area contributed by atoms with Crippen LogP contribution in [0.15, 0.2) is 36.7 Å². The van der Waals surface area contributed by atoms with Crippen molar-refractivity contribution >= 4 is 0 Å². The van der Waals surface area contributed by atoms with Crippen molar-refractivity contribution in [3.05, 3.63) is 47.8 Å². The van der Waals surface area contributed by atoms with Gasteiger partial charge < -0.3 is 10.5 Å². The number of hydrogen-bond acceptors (Lipinski definition) is 4. The highest BCUT2D eigenvalue weighted by molar-refractivity contribution is 5.34. The lowest BCUT2D eigenvalue weighted by Gasteiger charge is -2.28. The summed E-state index contributed by atoms with van der Waals surface area (Å²) in [6.45, 7) is 2.99. The second-order valence-corrected chi connectivity index (χ2v) is 5.13. The number of aryl methyl sites for hydroxylation is 1. The van der Waals surface area contributed by atoms with Crippen LogP contribution >= 0.6 is 0 Å². The Hall–Kier alpha value is -1.85. The van der Waals surface area contributed by atoms with Gasteiger partial charge in [0.1, 0.15) is 12.4 Å². The van der Waals surface area contributed by atoms with Gasteiger partial charge in [-0.2, -0.15) is 5.10 Å². The van der Waals surface area contributed by atoms with E-state index in [1.165, 1.54) is 5.56 Å². The summed E-state index contributed by atoms with van der Waals surface area (Å²) in [6, 6.07) is 8.38. The number of nitrogens with zero attached hydrogens (tertiary/aromatic N) is 3. The topological polar surface area (TPSA) is 56.3 Å². The van der Waals surface area contributed by atoms with Gasteiger partial charge in [0, 0.05) is 44.0 Å². The fraction of sp³-hybridized carbons (Fsp3) is 0.400. The molecular weight excluding hydrogens is 252 g/mol. The molecule has 0 aliphatic carbocycles. The summed E-state index contributed by atoms with van der Waals surface area (Å²) < 4.78 is 7.63. The lowest BCUT2D eigenvalue weighted by Crippen LogP contribution is -2.34. The monoisotopic (exact) mass is 272 g/mol. The number of rotatable bonds is 3. The molecule has 0 radical (unpaired) electrons. The third-order valence-electron chi connectivity index (χ3n) is 3.76. The smallest absolute Gasteiger partial charge is 0.123 e. The Morgan fingerprint density at radius 2 is 2.25 bits per heavy atom. The zero-order valence-electron chi connectivity index (χ0n) is 11.7. The summed E-state index contributed by atoms with van der Waals surface area (Å²) in [5.41, 5.74) is 8.37. The molecule has 20 heavy (non-hydrogen) atoms. The molecule has 0 saturated carbocycles. The first-order valence-corrected chi connectivity index (χ1v) is 6.91. The van der Waals surface area contributed by atoms with Crippen LogP contribution in [0.4, 0.5) is 0 Å². The Balaban J connectivity index is 1.86. The molecule has 2 heterocycles. The van der Waals surface area contributed by atoms with Crippen LogP contribution in [0.3, 0.4) is 0 Å². The molecule has 1 atom stereocenters. The maximum Gasteiger partial charge on any atom is 0.123 e. The standard InChI is InChI=1S/C15H20N4O/c1-18-10-13(9-17-18)14(8-16)19-6-7-20-15-5-3-2-4-12(15)11-19/h2-5,9-10,14H,6-8,11,16H2,1H3. The molecule has 1 aliphatic heterocycles. The fourth-order valence-corrected chi connectivity index (χ4v) is 2.72. The van der Waals surface area contributed by atoms with E-state index in [-0.39, 0.29) is 6.04 Å². The summed E-state index contributed by atoms with van der Waals surface area (Å²) >= 11 is 0. The Morgan fingerprint density at radius 1 is 1.40 bits per heavy atom. The molecule has 1 aromatic heterocycles. The Kier molecular flexibility index (Phi) is 3.71. The van der Waals surface area contributed by atoms with Gasteiger partial charge in [0.2, 0.25) is 0 Å². The van der Waals surface area contributed by atoms with Crippen molar-refractivity contribution in [3.8, 4) is 5.75 Å². The normalized spacial score (nSPS) is 17.1. The van der Waals surface area contributed by atoms with Crippen LogP contribution in [-0.2, 0) is 13.6 Å². The van der Waals surface area contributed by atoms with Crippen LogP contribution in [0, 0.1) is 0 Å². The number of benzene rings is 1. The Morgan fingerprint density at radius 3 is 3.00 bits per heavy atom. The van der Waals surface area contributed by atoms with Crippen molar-refractivity contribution in [2.45, 2.75) is 12.6 Å². The van der Waals surface area contributed by atoms with E-state index in [1.54, 1.807) is 0 Å². The minimum absolute atomic E-state index is 0.179. The number of fused-ring (bicyclic) bond motifs is 1. The van der Waals surface area contributed by atoms with Crippen molar-refractivity contribution in [2.75, 3.05) is 19.7 Å². The van der Waals surface area contributed by atoms with Crippen molar-refractivity contribution in [1.82, 2.24) is 14.7 Å². The van der Waals surface area contributed by atoms with E-state index in [1.807, 2.05) is 42.3 Å². The maximum atomic E-state index is 6.00. The van der Waals surface area contributed by atoms with E-state index in [2.05, 4.69) is 16.1 Å². The number of nitrogens with two attached hydrogens (primary N) is 1. The molecule has 0 fully saturated rings. The van der Waals surface area contributed by atoms with Crippen molar-refractivity contribution < 1.29 is 4.74 Å². The quantitative estimate of drug-likeness (QED) is 0.915. The van der Waals surface area contributed by atoms with Crippen LogP contribution in [0.2, 0.25) is 0 Å². The zero-order chi connectivity index (χ0) is 13.9. The van der Waals surface area contributed by atoms with Gasteiger partial charge in [-0.15, -0.1) is 0 Å². The largest absolute Gasteiger partial charge is 0.492 e. The molecule has 1 aromatic carbocycles. The molecule has 0 spiro atoms. The minimum atomic E-state index is 0.179. The first kappa shape index (κ1) is 13.1. The van der Waals surface area contributed by atoms with Crippen molar-refractivity contribution in [3.63, 3.8) is 0 Å². The van der Waals surface area contributed by atoms with Crippen LogP contribution in [0.5, 0.6) is 5.75 Å². The molecular formula is C15H20N4O. The van der Waals surface area contributed by atoms with E-state index in [9.17, 15) is 0 Å². The first-order valence-electron chi connectivity index (χ1n) is 6.91. The van der Waals surface area contributed by atoms with Crippen LogP contribution in [-0.4, -0.2) is 34.4 Å². The van der Waals surface area contributed by atoms with E-state index >= 15 is 0 Å². The van der Waals surface area contributed by atoms with Gasteiger partial charge in [0.05, 0.1) is 12.2 Å². The molecule has 2 aromatic rings. The van der Waals surface area contributed by atoms with E-state index in [0.717, 1.165) is 24.4 Å². The maximum absolute atomic E-state index is 6.00. The lowest BCUT2D eigenvalue weighted by molar-refractivity contribution is 0.173. The second kappa shape index (κ2) is 5.64. The summed E-state index contributed by atoms with van der Waals surface area (Å²) in [7, 11) is 1.93. The number of aromatic nitrogens is 2. The molecule has 0 bridgehead atoms. The molecule has 5 heteroatoms. The van der Waals surface area contributed by atoms with E-state index in [0.29, 0.717) is 13.2 Å². The van der Waals surface area contributed by atoms with E-state index in [4.69, 9.17) is 10.5 Å². The van der Waals surface area contributed by atoms with Crippen molar-refractivity contribution in [2.24, 2.45) is 12.8 Å². The average Bonchev–Trinajstić information content (AvgIpc) is 2.76. The minimum Gasteiger partial charge on any atom is -0.492 e. The summed E-state index contributed by atoms with van der Waals surface area (Å²) in [5.74, 6) is 0.983. The molecule has 0 amide bonds. The van der Waals surface area contributed by atoms with Crippen molar-refractivity contribution in [1.29, 1.82) is 0 Å². The molecule has 3 rings (SSSR count). The molecule has 2 N–H and O–H groups in total. The van der Waals surface area contributed by atoms with Gasteiger partial charge in [0.25, 0.3) is 0 Å². The average molecular weight is 272 g/mol. The van der Waals surface area contributed by atoms with Gasteiger partial charge >= 0.3 is 0 Å². The lowest BCUT2D eigenvalue weighted by atomic mass is 10.1. The van der Waals surface area contributed by atoms with E-state index < -0.39 is 0 Å². The Labute approximate surface area is 118 Å². The number of hydrogen-bond donors (Lipinski definition) is 1. The summed E-state index contributed by atoms with van der Waals surface area (Å²) in [6.07, 6.45) is 3.93.